The second kappa shape index (κ2) is 6.62. The Bertz CT molecular complexity index is 533. The van der Waals surface area contributed by atoms with Crippen LogP contribution in [-0.4, -0.2) is 61.0 Å². The minimum absolute atomic E-state index is 0.128. The van der Waals surface area contributed by atoms with Gasteiger partial charge in [-0.1, -0.05) is 32.9 Å². The quantitative estimate of drug-likeness (QED) is 0.908. The first kappa shape index (κ1) is 16.5. The highest BCUT2D eigenvalue weighted by Crippen LogP contribution is 2.23. The van der Waals surface area contributed by atoms with E-state index in [1.807, 2.05) is 17.0 Å². The first-order valence-electron chi connectivity index (χ1n) is 8.80. The van der Waals surface area contributed by atoms with Crippen LogP contribution in [0.5, 0.6) is 0 Å². The van der Waals surface area contributed by atoms with Crippen LogP contribution in [0.25, 0.3) is 0 Å². The first-order valence-corrected chi connectivity index (χ1v) is 8.80. The summed E-state index contributed by atoms with van der Waals surface area (Å²) in [6.07, 6.45) is 1.24. The Morgan fingerprint density at radius 3 is 2.26 bits per heavy atom. The second-order valence-corrected chi connectivity index (χ2v) is 7.80. The molecule has 4 heteroatoms. The molecule has 23 heavy (non-hydrogen) atoms. The number of hydrogen-bond acceptors (Lipinski definition) is 3. The summed E-state index contributed by atoms with van der Waals surface area (Å²) in [5.41, 5.74) is 2.21. The number of benzene rings is 1. The third kappa shape index (κ3) is 3.75. The Morgan fingerprint density at radius 1 is 1.09 bits per heavy atom. The average molecular weight is 315 g/mol. The van der Waals surface area contributed by atoms with Gasteiger partial charge in [0.2, 0.25) is 0 Å². The molecule has 1 aromatic carbocycles. The molecule has 0 radical (unpaired) electrons. The van der Waals surface area contributed by atoms with Gasteiger partial charge in [0, 0.05) is 44.3 Å². The standard InChI is InChI=1S/C19H29N3O/c1-19(2,3)16-6-4-15(5-7-16)18(23)22-12-10-21(11-13-22)17-8-9-20-14-17/h4-7,17,20H,8-14H2,1-3H3. The van der Waals surface area contributed by atoms with Crippen LogP contribution < -0.4 is 5.32 Å². The Balaban J connectivity index is 1.58. The summed E-state index contributed by atoms with van der Waals surface area (Å²) in [5, 5.41) is 3.42. The topological polar surface area (TPSA) is 35.6 Å². The molecule has 1 aromatic rings. The minimum Gasteiger partial charge on any atom is -0.336 e. The molecule has 0 spiro atoms. The number of nitrogens with zero attached hydrogens (tertiary/aromatic N) is 2. The van der Waals surface area contributed by atoms with Gasteiger partial charge in [0.05, 0.1) is 0 Å². The van der Waals surface area contributed by atoms with Crippen molar-refractivity contribution in [2.75, 3.05) is 39.3 Å². The number of carbonyl (C=O) groups excluding carboxylic acids is 1. The summed E-state index contributed by atoms with van der Waals surface area (Å²) >= 11 is 0. The molecule has 2 aliphatic rings. The minimum atomic E-state index is 0.128. The summed E-state index contributed by atoms with van der Waals surface area (Å²) in [7, 11) is 0. The molecule has 0 bridgehead atoms. The van der Waals surface area contributed by atoms with Crippen LogP contribution in [0, 0.1) is 0 Å². The van der Waals surface area contributed by atoms with Gasteiger partial charge < -0.3 is 10.2 Å². The van der Waals surface area contributed by atoms with Gasteiger partial charge in [-0.05, 0) is 36.1 Å². The number of hydrogen-bond donors (Lipinski definition) is 1. The lowest BCUT2D eigenvalue weighted by molar-refractivity contribution is 0.0584. The van der Waals surface area contributed by atoms with Crippen LogP contribution in [-0.2, 0) is 5.41 Å². The fraction of sp³-hybridized carbons (Fsp3) is 0.632. The summed E-state index contributed by atoms with van der Waals surface area (Å²) in [4.78, 5) is 17.2. The fourth-order valence-electron chi connectivity index (χ4n) is 3.54. The van der Waals surface area contributed by atoms with Gasteiger partial charge >= 0.3 is 0 Å². The van der Waals surface area contributed by atoms with Crippen molar-refractivity contribution in [3.8, 4) is 0 Å². The highest BCUT2D eigenvalue weighted by molar-refractivity contribution is 5.94. The fourth-order valence-corrected chi connectivity index (χ4v) is 3.54. The van der Waals surface area contributed by atoms with E-state index in [1.165, 1.54) is 12.0 Å². The molecular formula is C19H29N3O. The molecule has 126 valence electrons. The number of carbonyl (C=O) groups is 1. The maximum Gasteiger partial charge on any atom is 0.253 e. The molecule has 2 fully saturated rings. The van der Waals surface area contributed by atoms with Crippen LogP contribution >= 0.6 is 0 Å². The second-order valence-electron chi connectivity index (χ2n) is 7.80. The number of piperazine rings is 1. The third-order valence-electron chi connectivity index (χ3n) is 5.15. The largest absolute Gasteiger partial charge is 0.336 e. The molecule has 0 saturated carbocycles. The smallest absolute Gasteiger partial charge is 0.253 e. The molecule has 0 aromatic heterocycles. The zero-order chi connectivity index (χ0) is 16.4. The van der Waals surface area contributed by atoms with Crippen LogP contribution in [0.15, 0.2) is 24.3 Å². The monoisotopic (exact) mass is 315 g/mol. The van der Waals surface area contributed by atoms with Crippen molar-refractivity contribution in [1.82, 2.24) is 15.1 Å². The first-order chi connectivity index (χ1) is 10.9. The Morgan fingerprint density at radius 2 is 1.74 bits per heavy atom. The summed E-state index contributed by atoms with van der Waals surface area (Å²) in [5.74, 6) is 0.176. The Labute approximate surface area is 139 Å². The molecule has 1 N–H and O–H groups in total. The van der Waals surface area contributed by atoms with Gasteiger partial charge in [-0.25, -0.2) is 0 Å². The van der Waals surface area contributed by atoms with E-state index >= 15 is 0 Å². The Kier molecular flexibility index (Phi) is 4.74. The lowest BCUT2D eigenvalue weighted by atomic mass is 9.86. The summed E-state index contributed by atoms with van der Waals surface area (Å²) in [6, 6.07) is 8.81. The average Bonchev–Trinajstić information content (AvgIpc) is 3.08. The van der Waals surface area contributed by atoms with Crippen molar-refractivity contribution >= 4 is 5.91 Å². The molecule has 3 rings (SSSR count). The van der Waals surface area contributed by atoms with Crippen molar-refractivity contribution in [3.05, 3.63) is 35.4 Å². The predicted octanol–water partition coefficient (Wildman–Crippen LogP) is 2.10. The van der Waals surface area contributed by atoms with Crippen molar-refractivity contribution in [1.29, 1.82) is 0 Å². The zero-order valence-electron chi connectivity index (χ0n) is 14.6. The SMILES string of the molecule is CC(C)(C)c1ccc(C(=O)N2CCN(C3CCNC3)CC2)cc1. The van der Waals surface area contributed by atoms with Crippen LogP contribution in [0.1, 0.15) is 43.1 Å². The van der Waals surface area contributed by atoms with Gasteiger partial charge in [0.1, 0.15) is 0 Å². The van der Waals surface area contributed by atoms with E-state index in [2.05, 4.69) is 43.1 Å². The number of amides is 1. The molecule has 0 aliphatic carbocycles. The highest BCUT2D eigenvalue weighted by Gasteiger charge is 2.28. The lowest BCUT2D eigenvalue weighted by Crippen LogP contribution is -2.52. The maximum absolute atomic E-state index is 12.7. The van der Waals surface area contributed by atoms with E-state index in [1.54, 1.807) is 0 Å². The molecular weight excluding hydrogens is 286 g/mol. The summed E-state index contributed by atoms with van der Waals surface area (Å²) < 4.78 is 0. The van der Waals surface area contributed by atoms with E-state index in [4.69, 9.17) is 0 Å². The van der Waals surface area contributed by atoms with E-state index < -0.39 is 0 Å². The molecule has 2 aliphatic heterocycles. The van der Waals surface area contributed by atoms with E-state index in [0.29, 0.717) is 6.04 Å². The molecule has 2 heterocycles. The normalized spacial score (nSPS) is 23.3. The molecule has 1 unspecified atom stereocenters. The lowest BCUT2D eigenvalue weighted by Gasteiger charge is -2.37. The summed E-state index contributed by atoms with van der Waals surface area (Å²) in [6.45, 7) is 12.5. The van der Waals surface area contributed by atoms with Gasteiger partial charge in [0.25, 0.3) is 5.91 Å². The van der Waals surface area contributed by atoms with E-state index in [9.17, 15) is 4.79 Å². The van der Waals surface area contributed by atoms with Crippen LogP contribution in [0.3, 0.4) is 0 Å². The zero-order valence-corrected chi connectivity index (χ0v) is 14.6. The van der Waals surface area contributed by atoms with Crippen molar-refractivity contribution < 1.29 is 4.79 Å². The maximum atomic E-state index is 12.7. The van der Waals surface area contributed by atoms with Crippen molar-refractivity contribution in [2.24, 2.45) is 0 Å². The number of rotatable bonds is 2. The van der Waals surface area contributed by atoms with Gasteiger partial charge in [-0.15, -0.1) is 0 Å². The van der Waals surface area contributed by atoms with Gasteiger partial charge in [0.15, 0.2) is 0 Å². The molecule has 1 amide bonds. The Hall–Kier alpha value is -1.39. The third-order valence-corrected chi connectivity index (χ3v) is 5.15. The van der Waals surface area contributed by atoms with Crippen LogP contribution in [0.4, 0.5) is 0 Å². The van der Waals surface area contributed by atoms with E-state index in [-0.39, 0.29) is 11.3 Å². The van der Waals surface area contributed by atoms with Gasteiger partial charge in [-0.2, -0.15) is 0 Å². The van der Waals surface area contributed by atoms with E-state index in [0.717, 1.165) is 44.8 Å². The molecule has 4 nitrogen and oxygen atoms in total. The molecule has 1 atom stereocenters. The van der Waals surface area contributed by atoms with Crippen molar-refractivity contribution in [3.63, 3.8) is 0 Å². The predicted molar refractivity (Wildman–Crippen MR) is 93.9 cm³/mol. The van der Waals surface area contributed by atoms with Crippen molar-refractivity contribution in [2.45, 2.75) is 38.6 Å². The van der Waals surface area contributed by atoms with Gasteiger partial charge in [-0.3, -0.25) is 9.69 Å². The highest BCUT2D eigenvalue weighted by atomic mass is 16.2. The van der Waals surface area contributed by atoms with Crippen LogP contribution in [0.2, 0.25) is 0 Å². The number of nitrogens with one attached hydrogen (secondary N) is 1. The molecule has 2 saturated heterocycles.